The third-order valence-electron chi connectivity index (χ3n) is 0.837. The smallest absolute Gasteiger partial charge is 0.344 e. The topological polar surface area (TPSA) is 110 Å². The maximum atomic E-state index is 10.5. The summed E-state index contributed by atoms with van der Waals surface area (Å²) in [6.45, 7) is -2.33. The van der Waals surface area contributed by atoms with Crippen LogP contribution in [-0.4, -0.2) is 47.9 Å². The van der Waals surface area contributed by atoms with Crippen LogP contribution < -0.4 is 0 Å². The molecule has 0 aliphatic heterocycles. The predicted octanol–water partition coefficient (Wildman–Crippen LogP) is -1.85. The first kappa shape index (κ1) is 11.4. The number of carbonyl (C=O) groups excluding carboxylic acids is 2. The van der Waals surface area contributed by atoms with Crippen LogP contribution in [0.15, 0.2) is 0 Å². The highest BCUT2D eigenvalue weighted by molar-refractivity contribution is 5.78. The Morgan fingerprint density at radius 3 is 2.00 bits per heavy atom. The maximum absolute atomic E-state index is 10.5. The molecule has 0 aliphatic rings. The van der Waals surface area contributed by atoms with Crippen molar-refractivity contribution < 1.29 is 34.1 Å². The highest BCUT2D eigenvalue weighted by Gasteiger charge is 2.08. The van der Waals surface area contributed by atoms with Gasteiger partial charge in [0.1, 0.15) is 6.61 Å². The molecule has 0 atom stereocenters. The van der Waals surface area contributed by atoms with Gasteiger partial charge in [-0.2, -0.15) is 0 Å². The molecule has 0 rings (SSSR count). The monoisotopic (exact) mass is 192 g/mol. The van der Waals surface area contributed by atoms with Crippen molar-refractivity contribution in [3.63, 3.8) is 0 Å². The Bertz CT molecular complexity index is 209. The Kier molecular flexibility index (Phi) is 5.20. The molecule has 7 nitrogen and oxygen atoms in total. The van der Waals surface area contributed by atoms with Gasteiger partial charge in [0.25, 0.3) is 0 Å². The Morgan fingerprint density at radius 2 is 1.54 bits per heavy atom. The zero-order valence-corrected chi connectivity index (χ0v) is 6.56. The van der Waals surface area contributed by atoms with Crippen molar-refractivity contribution in [1.82, 2.24) is 0 Å². The summed E-state index contributed by atoms with van der Waals surface area (Å²) in [6.07, 6.45) is 0. The molecule has 74 valence electrons. The van der Waals surface area contributed by atoms with Crippen molar-refractivity contribution in [3.05, 3.63) is 0 Å². The van der Waals surface area contributed by atoms with Gasteiger partial charge in [0.05, 0.1) is 0 Å². The van der Waals surface area contributed by atoms with Crippen molar-refractivity contribution in [3.8, 4) is 0 Å². The van der Waals surface area contributed by atoms with Gasteiger partial charge in [0.15, 0.2) is 13.2 Å². The van der Waals surface area contributed by atoms with Gasteiger partial charge in [-0.15, -0.1) is 0 Å². The van der Waals surface area contributed by atoms with E-state index in [0.717, 1.165) is 0 Å². The third kappa shape index (κ3) is 6.76. The number of hydrogen-bond donors (Lipinski definition) is 2. The van der Waals surface area contributed by atoms with E-state index in [0.29, 0.717) is 0 Å². The Balaban J connectivity index is 3.52. The first-order chi connectivity index (χ1) is 6.06. The van der Waals surface area contributed by atoms with Gasteiger partial charge >= 0.3 is 17.9 Å². The van der Waals surface area contributed by atoms with Gasteiger partial charge in [-0.1, -0.05) is 0 Å². The molecular weight excluding hydrogens is 184 g/mol. The van der Waals surface area contributed by atoms with E-state index in [2.05, 4.69) is 9.47 Å². The zero-order valence-electron chi connectivity index (χ0n) is 6.56. The van der Waals surface area contributed by atoms with Crippen LogP contribution >= 0.6 is 0 Å². The molecule has 0 aromatic rings. The number of esters is 2. The molecule has 0 amide bonds. The normalized spacial score (nSPS) is 9.00. The number of aliphatic hydroxyl groups excluding tert-OH is 1. The average Bonchev–Trinajstić information content (AvgIpc) is 2.10. The lowest BCUT2D eigenvalue weighted by Gasteiger charge is -2.01. The second kappa shape index (κ2) is 5.95. The zero-order chi connectivity index (χ0) is 10.3. The van der Waals surface area contributed by atoms with Crippen molar-refractivity contribution in [2.45, 2.75) is 0 Å². The number of carbonyl (C=O) groups is 3. The molecule has 0 unspecified atom stereocenters. The van der Waals surface area contributed by atoms with Crippen LogP contribution in [0, 0.1) is 0 Å². The minimum atomic E-state index is -1.30. The molecule has 2 N–H and O–H groups in total. The predicted molar refractivity (Wildman–Crippen MR) is 36.6 cm³/mol. The number of carboxylic acid groups (broad SMARTS) is 1. The molecule has 0 aliphatic carbocycles. The summed E-state index contributed by atoms with van der Waals surface area (Å²) in [7, 11) is 0. The van der Waals surface area contributed by atoms with Gasteiger partial charge in [-0.05, 0) is 0 Å². The highest BCUT2D eigenvalue weighted by Crippen LogP contribution is 1.82. The highest BCUT2D eigenvalue weighted by atomic mass is 16.6. The van der Waals surface area contributed by atoms with E-state index < -0.39 is 37.7 Å². The van der Waals surface area contributed by atoms with Crippen LogP contribution in [0.3, 0.4) is 0 Å². The Morgan fingerprint density at radius 1 is 1.00 bits per heavy atom. The van der Waals surface area contributed by atoms with Crippen molar-refractivity contribution >= 4 is 17.9 Å². The summed E-state index contributed by atoms with van der Waals surface area (Å²) in [5.74, 6) is -3.27. The van der Waals surface area contributed by atoms with Gasteiger partial charge in [-0.25, -0.2) is 14.4 Å². The standard InChI is InChI=1S/C6H8O7/c7-1-5(10)13-3-6(11)12-2-4(8)9/h7H,1-3H2,(H,8,9). The molecule has 13 heavy (non-hydrogen) atoms. The van der Waals surface area contributed by atoms with E-state index in [1.165, 1.54) is 0 Å². The van der Waals surface area contributed by atoms with Gasteiger partial charge in [-0.3, -0.25) is 0 Å². The number of carboxylic acids is 1. The second-order valence-electron chi connectivity index (χ2n) is 1.87. The largest absolute Gasteiger partial charge is 0.479 e. The van der Waals surface area contributed by atoms with Gasteiger partial charge in [0.2, 0.25) is 0 Å². The fraction of sp³-hybridized carbons (Fsp3) is 0.500. The number of hydrogen-bond acceptors (Lipinski definition) is 6. The van der Waals surface area contributed by atoms with E-state index in [9.17, 15) is 14.4 Å². The van der Waals surface area contributed by atoms with Crippen LogP contribution in [0.2, 0.25) is 0 Å². The average molecular weight is 192 g/mol. The summed E-state index contributed by atoms with van der Waals surface area (Å²) < 4.78 is 8.23. The van der Waals surface area contributed by atoms with Crippen LogP contribution in [-0.2, 0) is 23.9 Å². The molecule has 0 bridgehead atoms. The van der Waals surface area contributed by atoms with E-state index >= 15 is 0 Å². The molecule has 7 heteroatoms. The third-order valence-corrected chi connectivity index (χ3v) is 0.837. The van der Waals surface area contributed by atoms with Crippen LogP contribution in [0.5, 0.6) is 0 Å². The van der Waals surface area contributed by atoms with Crippen molar-refractivity contribution in [1.29, 1.82) is 0 Å². The lowest BCUT2D eigenvalue weighted by molar-refractivity contribution is -0.164. The number of ether oxygens (including phenoxy) is 2. The quantitative estimate of drug-likeness (QED) is 0.492. The molecule has 0 aromatic heterocycles. The fourth-order valence-electron chi connectivity index (χ4n) is 0.369. The first-order valence-electron chi connectivity index (χ1n) is 3.20. The van der Waals surface area contributed by atoms with Crippen molar-refractivity contribution in [2.75, 3.05) is 19.8 Å². The molecular formula is C6H8O7. The minimum absolute atomic E-state index is 0.702. The summed E-state index contributed by atoms with van der Waals surface area (Å²) in [5.41, 5.74) is 0. The van der Waals surface area contributed by atoms with Crippen LogP contribution in [0.25, 0.3) is 0 Å². The van der Waals surface area contributed by atoms with E-state index in [1.54, 1.807) is 0 Å². The van der Waals surface area contributed by atoms with Crippen LogP contribution in [0.4, 0.5) is 0 Å². The Hall–Kier alpha value is -1.63. The summed E-state index contributed by atoms with van der Waals surface area (Å²) in [6, 6.07) is 0. The van der Waals surface area contributed by atoms with Crippen LogP contribution in [0.1, 0.15) is 0 Å². The summed E-state index contributed by atoms with van der Waals surface area (Å²) in [4.78, 5) is 30.7. The lowest BCUT2D eigenvalue weighted by Crippen LogP contribution is -2.20. The number of rotatable bonds is 5. The van der Waals surface area contributed by atoms with E-state index in [4.69, 9.17) is 10.2 Å². The fourth-order valence-corrected chi connectivity index (χ4v) is 0.369. The molecule has 0 saturated carbocycles. The molecule has 0 fully saturated rings. The second-order valence-corrected chi connectivity index (χ2v) is 1.87. The lowest BCUT2D eigenvalue weighted by atomic mass is 10.6. The first-order valence-corrected chi connectivity index (χ1v) is 3.20. The number of aliphatic carboxylic acids is 1. The van der Waals surface area contributed by atoms with E-state index in [-0.39, 0.29) is 0 Å². The minimum Gasteiger partial charge on any atom is -0.479 e. The summed E-state index contributed by atoms with van der Waals surface area (Å²) in [5, 5.41) is 16.2. The van der Waals surface area contributed by atoms with Gasteiger partial charge < -0.3 is 19.7 Å². The van der Waals surface area contributed by atoms with Crippen molar-refractivity contribution in [2.24, 2.45) is 0 Å². The summed E-state index contributed by atoms with van der Waals surface area (Å²) >= 11 is 0. The molecule has 0 saturated heterocycles. The Labute approximate surface area is 72.9 Å². The van der Waals surface area contributed by atoms with E-state index in [1.807, 2.05) is 0 Å². The van der Waals surface area contributed by atoms with Gasteiger partial charge in [0, 0.05) is 0 Å². The molecule has 0 heterocycles. The molecule has 0 spiro atoms. The molecule has 0 aromatic carbocycles. The maximum Gasteiger partial charge on any atom is 0.344 e. The molecule has 0 radical (unpaired) electrons. The SMILES string of the molecule is O=C(O)COC(=O)COC(=O)CO. The number of aliphatic hydroxyl groups is 1.